The predicted octanol–water partition coefficient (Wildman–Crippen LogP) is 1.53. The van der Waals surface area contributed by atoms with Crippen LogP contribution in [0.5, 0.6) is 17.2 Å². The van der Waals surface area contributed by atoms with Crippen LogP contribution in [0.25, 0.3) is 0 Å². The van der Waals surface area contributed by atoms with Crippen LogP contribution in [0, 0.1) is 0 Å². The van der Waals surface area contributed by atoms with Gasteiger partial charge in [-0.15, -0.1) is 0 Å². The van der Waals surface area contributed by atoms with E-state index in [1.165, 1.54) is 18.5 Å². The van der Waals surface area contributed by atoms with Gasteiger partial charge in [0.05, 0.1) is 20.8 Å². The van der Waals surface area contributed by atoms with Crippen LogP contribution in [0.15, 0.2) is 12.1 Å². The van der Waals surface area contributed by atoms with Crippen molar-refractivity contribution in [1.82, 2.24) is 9.03 Å². The second kappa shape index (κ2) is 7.85. The lowest BCUT2D eigenvalue weighted by atomic mass is 10.2. The highest BCUT2D eigenvalue weighted by atomic mass is 32.2. The van der Waals surface area contributed by atoms with Crippen molar-refractivity contribution >= 4 is 10.2 Å². The lowest BCUT2D eigenvalue weighted by Crippen LogP contribution is -2.38. The standard InChI is InChI=1S/C15H24N2O5S/c1-4-22-15-13(20-2)9-12(10-14(15)21-3)11-16-23(18,19)17-7-5-6-8-17/h9-10,16H,4-8,11H2,1-3H3. The van der Waals surface area contributed by atoms with Gasteiger partial charge >= 0.3 is 0 Å². The molecule has 23 heavy (non-hydrogen) atoms. The topological polar surface area (TPSA) is 77.1 Å². The van der Waals surface area contributed by atoms with Crippen molar-refractivity contribution in [2.24, 2.45) is 0 Å². The largest absolute Gasteiger partial charge is 0.493 e. The quantitative estimate of drug-likeness (QED) is 0.774. The van der Waals surface area contributed by atoms with Crippen molar-refractivity contribution in [3.63, 3.8) is 0 Å². The fourth-order valence-corrected chi connectivity index (χ4v) is 3.79. The van der Waals surface area contributed by atoms with Crippen molar-refractivity contribution in [2.45, 2.75) is 26.3 Å². The Kier molecular flexibility index (Phi) is 6.09. The molecule has 0 amide bonds. The molecule has 8 heteroatoms. The molecule has 1 heterocycles. The molecule has 0 aromatic heterocycles. The third-order valence-electron chi connectivity index (χ3n) is 3.67. The molecule has 1 aromatic rings. The Labute approximate surface area is 137 Å². The summed E-state index contributed by atoms with van der Waals surface area (Å²) in [7, 11) is -0.373. The van der Waals surface area contributed by atoms with Crippen LogP contribution in [0.2, 0.25) is 0 Å². The molecule has 0 atom stereocenters. The SMILES string of the molecule is CCOc1c(OC)cc(CNS(=O)(=O)N2CCCC2)cc1OC. The van der Waals surface area contributed by atoms with E-state index in [2.05, 4.69) is 4.72 Å². The molecule has 7 nitrogen and oxygen atoms in total. The third kappa shape index (κ3) is 4.27. The highest BCUT2D eigenvalue weighted by Crippen LogP contribution is 2.38. The van der Waals surface area contributed by atoms with Gasteiger partial charge in [-0.25, -0.2) is 0 Å². The van der Waals surface area contributed by atoms with E-state index in [1.54, 1.807) is 12.1 Å². The van der Waals surface area contributed by atoms with Gasteiger partial charge in [-0.05, 0) is 37.5 Å². The molecule has 0 spiro atoms. The number of nitrogens with zero attached hydrogens (tertiary/aromatic N) is 1. The molecular weight excluding hydrogens is 320 g/mol. The molecule has 1 N–H and O–H groups in total. The summed E-state index contributed by atoms with van der Waals surface area (Å²) in [6, 6.07) is 3.50. The summed E-state index contributed by atoms with van der Waals surface area (Å²) in [4.78, 5) is 0. The van der Waals surface area contributed by atoms with Crippen LogP contribution >= 0.6 is 0 Å². The molecule has 2 rings (SSSR count). The van der Waals surface area contributed by atoms with E-state index in [9.17, 15) is 8.42 Å². The normalized spacial score (nSPS) is 15.6. The van der Waals surface area contributed by atoms with E-state index in [-0.39, 0.29) is 6.54 Å². The van der Waals surface area contributed by atoms with E-state index in [0.717, 1.165) is 18.4 Å². The van der Waals surface area contributed by atoms with Crippen molar-refractivity contribution < 1.29 is 22.6 Å². The van der Waals surface area contributed by atoms with Gasteiger partial charge in [0.2, 0.25) is 5.75 Å². The van der Waals surface area contributed by atoms with Crippen LogP contribution in [0.1, 0.15) is 25.3 Å². The summed E-state index contributed by atoms with van der Waals surface area (Å²) in [5.74, 6) is 1.55. The molecule has 1 saturated heterocycles. The number of nitrogens with one attached hydrogen (secondary N) is 1. The van der Waals surface area contributed by atoms with Gasteiger partial charge in [0.15, 0.2) is 11.5 Å². The lowest BCUT2D eigenvalue weighted by Gasteiger charge is -2.18. The van der Waals surface area contributed by atoms with Crippen molar-refractivity contribution in [3.05, 3.63) is 17.7 Å². The fraction of sp³-hybridized carbons (Fsp3) is 0.600. The lowest BCUT2D eigenvalue weighted by molar-refractivity contribution is 0.288. The summed E-state index contributed by atoms with van der Waals surface area (Å²) in [5, 5.41) is 0. The average molecular weight is 344 g/mol. The number of benzene rings is 1. The van der Waals surface area contributed by atoms with E-state index >= 15 is 0 Å². The zero-order chi connectivity index (χ0) is 16.9. The Balaban J connectivity index is 2.16. The van der Waals surface area contributed by atoms with E-state index < -0.39 is 10.2 Å². The summed E-state index contributed by atoms with van der Waals surface area (Å²) in [6.07, 6.45) is 1.82. The highest BCUT2D eigenvalue weighted by Gasteiger charge is 2.25. The molecule has 0 unspecified atom stereocenters. The number of methoxy groups -OCH3 is 2. The zero-order valence-electron chi connectivity index (χ0n) is 13.8. The second-order valence-corrected chi connectivity index (χ2v) is 6.95. The van der Waals surface area contributed by atoms with Gasteiger partial charge in [-0.3, -0.25) is 0 Å². The van der Waals surface area contributed by atoms with Gasteiger partial charge in [-0.1, -0.05) is 0 Å². The summed E-state index contributed by atoms with van der Waals surface area (Å²) in [6.45, 7) is 3.67. The van der Waals surface area contributed by atoms with Gasteiger partial charge in [-0.2, -0.15) is 17.4 Å². The van der Waals surface area contributed by atoms with Crippen LogP contribution in [0.4, 0.5) is 0 Å². The van der Waals surface area contributed by atoms with Gasteiger partial charge in [0.25, 0.3) is 10.2 Å². The van der Waals surface area contributed by atoms with Crippen molar-refractivity contribution in [1.29, 1.82) is 0 Å². The average Bonchev–Trinajstić information content (AvgIpc) is 3.09. The second-order valence-electron chi connectivity index (χ2n) is 5.19. The minimum Gasteiger partial charge on any atom is -0.493 e. The Morgan fingerprint density at radius 2 is 1.70 bits per heavy atom. The molecule has 0 saturated carbocycles. The maximum Gasteiger partial charge on any atom is 0.279 e. The maximum atomic E-state index is 12.2. The fourth-order valence-electron chi connectivity index (χ4n) is 2.52. The van der Waals surface area contributed by atoms with Gasteiger partial charge in [0.1, 0.15) is 0 Å². The van der Waals surface area contributed by atoms with Gasteiger partial charge < -0.3 is 14.2 Å². The van der Waals surface area contributed by atoms with Crippen LogP contribution in [-0.4, -0.2) is 46.6 Å². The maximum absolute atomic E-state index is 12.2. The van der Waals surface area contributed by atoms with Crippen molar-refractivity contribution in [3.8, 4) is 17.2 Å². The van der Waals surface area contributed by atoms with Crippen LogP contribution < -0.4 is 18.9 Å². The zero-order valence-corrected chi connectivity index (χ0v) is 14.6. The Hall–Kier alpha value is -1.51. The Bertz CT molecular complexity index is 602. The number of hydrogen-bond donors (Lipinski definition) is 1. The smallest absolute Gasteiger partial charge is 0.279 e. The molecule has 1 aliphatic rings. The number of hydrogen-bond acceptors (Lipinski definition) is 5. The van der Waals surface area contributed by atoms with Crippen molar-refractivity contribution in [2.75, 3.05) is 33.9 Å². The molecule has 1 fully saturated rings. The molecule has 1 aliphatic heterocycles. The first-order valence-corrected chi connectivity index (χ1v) is 9.08. The molecular formula is C15H24N2O5S. The first-order valence-electron chi connectivity index (χ1n) is 7.64. The minimum atomic E-state index is -3.45. The summed E-state index contributed by atoms with van der Waals surface area (Å²) in [5.41, 5.74) is 0.741. The number of ether oxygens (including phenoxy) is 3. The summed E-state index contributed by atoms with van der Waals surface area (Å²) < 4.78 is 44.7. The highest BCUT2D eigenvalue weighted by molar-refractivity contribution is 7.87. The molecule has 0 radical (unpaired) electrons. The number of rotatable bonds is 8. The van der Waals surface area contributed by atoms with E-state index in [0.29, 0.717) is 36.9 Å². The Morgan fingerprint density at radius 1 is 1.13 bits per heavy atom. The third-order valence-corrected chi connectivity index (χ3v) is 5.23. The first kappa shape index (κ1) is 17.8. The minimum absolute atomic E-state index is 0.165. The molecule has 130 valence electrons. The van der Waals surface area contributed by atoms with Crippen LogP contribution in [-0.2, 0) is 16.8 Å². The van der Waals surface area contributed by atoms with Gasteiger partial charge in [0, 0.05) is 19.6 Å². The van der Waals surface area contributed by atoms with Crippen LogP contribution in [0.3, 0.4) is 0 Å². The molecule has 1 aromatic carbocycles. The van der Waals surface area contributed by atoms with E-state index in [1.807, 2.05) is 6.92 Å². The summed E-state index contributed by atoms with van der Waals surface area (Å²) >= 11 is 0. The first-order chi connectivity index (χ1) is 11.0. The molecule has 0 aliphatic carbocycles. The predicted molar refractivity (Wildman–Crippen MR) is 87.3 cm³/mol. The monoisotopic (exact) mass is 344 g/mol. The Morgan fingerprint density at radius 3 is 2.17 bits per heavy atom. The van der Waals surface area contributed by atoms with E-state index in [4.69, 9.17) is 14.2 Å². The molecule has 0 bridgehead atoms.